The lowest BCUT2D eigenvalue weighted by Gasteiger charge is -2.21. The van der Waals surface area contributed by atoms with Crippen LogP contribution in [0.25, 0.3) is 0 Å². The van der Waals surface area contributed by atoms with E-state index in [9.17, 15) is 4.79 Å². The van der Waals surface area contributed by atoms with Crippen molar-refractivity contribution in [2.24, 2.45) is 5.73 Å². The second-order valence-corrected chi connectivity index (χ2v) is 7.14. The van der Waals surface area contributed by atoms with Gasteiger partial charge in [-0.25, -0.2) is 4.98 Å². The Morgan fingerprint density at radius 2 is 1.85 bits per heavy atom. The maximum atomic E-state index is 11.2. The number of anilines is 1. The van der Waals surface area contributed by atoms with Gasteiger partial charge in [-0.1, -0.05) is 48.7 Å². The van der Waals surface area contributed by atoms with Crippen molar-refractivity contribution in [3.63, 3.8) is 0 Å². The van der Waals surface area contributed by atoms with E-state index in [1.165, 1.54) is 56.1 Å². The summed E-state index contributed by atoms with van der Waals surface area (Å²) in [7, 11) is 0. The number of amides is 1. The second-order valence-electron chi connectivity index (χ2n) is 6.73. The molecule has 1 fully saturated rings. The van der Waals surface area contributed by atoms with Gasteiger partial charge in [0.25, 0.3) is 0 Å². The first-order valence-electron chi connectivity index (χ1n) is 9.12. The summed E-state index contributed by atoms with van der Waals surface area (Å²) in [4.78, 5) is 18.0. The molecule has 0 spiro atoms. The lowest BCUT2D eigenvalue weighted by molar-refractivity contribution is 0.1000. The van der Waals surface area contributed by atoms with E-state index in [1.54, 1.807) is 6.07 Å². The third-order valence-electron chi connectivity index (χ3n) is 4.78. The minimum absolute atomic E-state index is 0.308. The van der Waals surface area contributed by atoms with Crippen LogP contribution >= 0.6 is 11.6 Å². The fourth-order valence-corrected chi connectivity index (χ4v) is 3.53. The number of carbonyl (C=O) groups is 1. The maximum absolute atomic E-state index is 11.2. The fraction of sp³-hybridized carbons (Fsp3) is 0.400. The van der Waals surface area contributed by atoms with Crippen LogP contribution in [0, 0.1) is 0 Å². The summed E-state index contributed by atoms with van der Waals surface area (Å²) in [5.74, 6) is 0.0231. The standard InChI is InChI=1S/C20H25ClN4O/c21-18-11-17(19(22)26)13-24-20(18)23-12-15-7-3-4-8-16(15)14-25-9-5-1-2-6-10-25/h3-4,7-8,11,13H,1-2,5-6,9-10,12,14H2,(H2,22,26)(H,23,24). The molecule has 0 radical (unpaired) electrons. The molecular formula is C20H25ClN4O. The van der Waals surface area contributed by atoms with Gasteiger partial charge in [0.1, 0.15) is 5.82 Å². The molecule has 2 heterocycles. The molecule has 0 atom stereocenters. The summed E-state index contributed by atoms with van der Waals surface area (Å²) in [5, 5.41) is 3.67. The molecule has 5 nitrogen and oxygen atoms in total. The normalized spacial score (nSPS) is 15.4. The molecule has 1 saturated heterocycles. The van der Waals surface area contributed by atoms with E-state index in [4.69, 9.17) is 17.3 Å². The molecule has 1 aliphatic rings. The van der Waals surface area contributed by atoms with E-state index >= 15 is 0 Å². The number of aromatic nitrogens is 1. The molecule has 0 unspecified atom stereocenters. The Labute approximate surface area is 159 Å². The third kappa shape index (κ3) is 4.96. The van der Waals surface area contributed by atoms with Crippen molar-refractivity contribution < 1.29 is 4.79 Å². The SMILES string of the molecule is NC(=O)c1cnc(NCc2ccccc2CN2CCCCCC2)c(Cl)c1. The Bertz CT molecular complexity index is 757. The number of hydrogen-bond acceptors (Lipinski definition) is 4. The molecule has 138 valence electrons. The molecule has 1 aliphatic heterocycles. The highest BCUT2D eigenvalue weighted by Gasteiger charge is 2.12. The molecule has 2 aromatic rings. The smallest absolute Gasteiger partial charge is 0.250 e. The monoisotopic (exact) mass is 372 g/mol. The number of primary amides is 1. The van der Waals surface area contributed by atoms with Crippen molar-refractivity contribution in [2.75, 3.05) is 18.4 Å². The molecule has 0 aliphatic carbocycles. The Kier molecular flexibility index (Phi) is 6.47. The molecule has 1 amide bonds. The van der Waals surface area contributed by atoms with Crippen molar-refractivity contribution in [1.82, 2.24) is 9.88 Å². The van der Waals surface area contributed by atoms with Gasteiger partial charge in [0.05, 0.1) is 10.6 Å². The summed E-state index contributed by atoms with van der Waals surface area (Å²) < 4.78 is 0. The molecule has 3 rings (SSSR count). The van der Waals surface area contributed by atoms with Gasteiger partial charge in [-0.05, 0) is 43.1 Å². The Morgan fingerprint density at radius 3 is 2.50 bits per heavy atom. The summed E-state index contributed by atoms with van der Waals surface area (Å²) in [6, 6.07) is 10.00. The molecular weight excluding hydrogens is 348 g/mol. The van der Waals surface area contributed by atoms with Crippen molar-refractivity contribution in [1.29, 1.82) is 0 Å². The molecule has 26 heavy (non-hydrogen) atoms. The van der Waals surface area contributed by atoms with Crippen LogP contribution in [0.4, 0.5) is 5.82 Å². The number of rotatable bonds is 6. The zero-order valence-electron chi connectivity index (χ0n) is 14.9. The Morgan fingerprint density at radius 1 is 1.15 bits per heavy atom. The molecule has 1 aromatic heterocycles. The minimum atomic E-state index is -0.534. The van der Waals surface area contributed by atoms with Gasteiger partial charge in [0.15, 0.2) is 0 Å². The second kappa shape index (κ2) is 9.01. The number of benzene rings is 1. The van der Waals surface area contributed by atoms with Crippen LogP contribution in [0.2, 0.25) is 5.02 Å². The number of hydrogen-bond donors (Lipinski definition) is 2. The number of carbonyl (C=O) groups excluding carboxylic acids is 1. The van der Waals surface area contributed by atoms with E-state index < -0.39 is 5.91 Å². The van der Waals surface area contributed by atoms with E-state index in [2.05, 4.69) is 33.4 Å². The van der Waals surface area contributed by atoms with Crippen LogP contribution in [0.1, 0.15) is 47.2 Å². The van der Waals surface area contributed by atoms with Crippen LogP contribution in [0.5, 0.6) is 0 Å². The number of pyridine rings is 1. The van der Waals surface area contributed by atoms with Crippen LogP contribution in [-0.2, 0) is 13.1 Å². The first kappa shape index (κ1) is 18.7. The third-order valence-corrected chi connectivity index (χ3v) is 5.07. The topological polar surface area (TPSA) is 71.2 Å². The van der Waals surface area contributed by atoms with Crippen molar-refractivity contribution >= 4 is 23.3 Å². The van der Waals surface area contributed by atoms with E-state index in [0.717, 1.165) is 6.54 Å². The summed E-state index contributed by atoms with van der Waals surface area (Å²) in [5.41, 5.74) is 8.12. The van der Waals surface area contributed by atoms with Gasteiger partial charge in [-0.3, -0.25) is 9.69 Å². The van der Waals surface area contributed by atoms with Crippen molar-refractivity contribution in [3.05, 3.63) is 58.2 Å². The zero-order valence-corrected chi connectivity index (χ0v) is 15.6. The van der Waals surface area contributed by atoms with Crippen molar-refractivity contribution in [3.8, 4) is 0 Å². The van der Waals surface area contributed by atoms with Crippen molar-refractivity contribution in [2.45, 2.75) is 38.8 Å². The predicted molar refractivity (Wildman–Crippen MR) is 105 cm³/mol. The summed E-state index contributed by atoms with van der Waals surface area (Å²) >= 11 is 6.21. The van der Waals surface area contributed by atoms with E-state index in [-0.39, 0.29) is 0 Å². The van der Waals surface area contributed by atoms with Gasteiger partial charge in [-0.15, -0.1) is 0 Å². The quantitative estimate of drug-likeness (QED) is 0.808. The maximum Gasteiger partial charge on any atom is 0.250 e. The predicted octanol–water partition coefficient (Wildman–Crippen LogP) is 3.82. The molecule has 1 aromatic carbocycles. The van der Waals surface area contributed by atoms with Gasteiger partial charge in [0.2, 0.25) is 5.91 Å². The van der Waals surface area contributed by atoms with Crippen LogP contribution in [-0.4, -0.2) is 28.9 Å². The van der Waals surface area contributed by atoms with E-state index in [1.807, 2.05) is 6.07 Å². The summed E-state index contributed by atoms with van der Waals surface area (Å²) in [6.45, 7) is 3.94. The zero-order chi connectivity index (χ0) is 18.4. The first-order valence-corrected chi connectivity index (χ1v) is 9.49. The Hall–Kier alpha value is -2.11. The number of likely N-dealkylation sites (tertiary alicyclic amines) is 1. The average molecular weight is 373 g/mol. The first-order chi connectivity index (χ1) is 12.6. The number of nitrogens with one attached hydrogen (secondary N) is 1. The molecule has 0 saturated carbocycles. The molecule has 6 heteroatoms. The van der Waals surface area contributed by atoms with Gasteiger partial charge >= 0.3 is 0 Å². The number of nitrogens with two attached hydrogens (primary N) is 1. The van der Waals surface area contributed by atoms with Crippen LogP contribution in [0.15, 0.2) is 36.5 Å². The Balaban J connectivity index is 1.67. The van der Waals surface area contributed by atoms with Crippen LogP contribution < -0.4 is 11.1 Å². The highest BCUT2D eigenvalue weighted by molar-refractivity contribution is 6.33. The highest BCUT2D eigenvalue weighted by atomic mass is 35.5. The van der Waals surface area contributed by atoms with Gasteiger partial charge in [0, 0.05) is 19.3 Å². The highest BCUT2D eigenvalue weighted by Crippen LogP contribution is 2.22. The lowest BCUT2D eigenvalue weighted by Crippen LogP contribution is -2.24. The largest absolute Gasteiger partial charge is 0.366 e. The molecule has 0 bridgehead atoms. The van der Waals surface area contributed by atoms with Gasteiger partial charge in [-0.2, -0.15) is 0 Å². The minimum Gasteiger partial charge on any atom is -0.366 e. The van der Waals surface area contributed by atoms with E-state index in [0.29, 0.717) is 22.9 Å². The fourth-order valence-electron chi connectivity index (χ4n) is 3.30. The van der Waals surface area contributed by atoms with Gasteiger partial charge < -0.3 is 11.1 Å². The average Bonchev–Trinajstić information content (AvgIpc) is 2.90. The van der Waals surface area contributed by atoms with Crippen LogP contribution in [0.3, 0.4) is 0 Å². The lowest BCUT2D eigenvalue weighted by atomic mass is 10.1. The molecule has 3 N–H and O–H groups in total. The number of halogens is 1. The number of nitrogens with zero attached hydrogens (tertiary/aromatic N) is 2. The summed E-state index contributed by atoms with van der Waals surface area (Å²) in [6.07, 6.45) is 6.69.